The van der Waals surface area contributed by atoms with Crippen molar-refractivity contribution in [3.05, 3.63) is 34.9 Å². The molecule has 1 aliphatic carbocycles. The summed E-state index contributed by atoms with van der Waals surface area (Å²) in [6.07, 6.45) is 6.39. The number of allylic oxidation sites excluding steroid dienone is 2. The van der Waals surface area contributed by atoms with Crippen molar-refractivity contribution in [3.63, 3.8) is 0 Å². The third-order valence-electron chi connectivity index (χ3n) is 5.04. The average Bonchev–Trinajstić information content (AvgIpc) is 2.52. The Morgan fingerprint density at radius 2 is 1.88 bits per heavy atom. The van der Waals surface area contributed by atoms with Crippen LogP contribution in [0, 0.1) is 5.92 Å². The van der Waals surface area contributed by atoms with Crippen LogP contribution in [0.15, 0.2) is 23.8 Å². The van der Waals surface area contributed by atoms with E-state index in [2.05, 4.69) is 6.92 Å². The summed E-state index contributed by atoms with van der Waals surface area (Å²) in [5.41, 5.74) is 0.416. The largest absolute Gasteiger partial charge is 0.507 e. The van der Waals surface area contributed by atoms with Crippen molar-refractivity contribution in [2.45, 2.75) is 77.7 Å². The van der Waals surface area contributed by atoms with Crippen molar-refractivity contribution in [1.82, 2.24) is 0 Å². The van der Waals surface area contributed by atoms with E-state index >= 15 is 0 Å². The maximum Gasteiger partial charge on any atom is 0.123 e. The Morgan fingerprint density at radius 1 is 1.21 bits per heavy atom. The lowest BCUT2D eigenvalue weighted by Crippen LogP contribution is -2.36. The van der Waals surface area contributed by atoms with E-state index < -0.39 is 18.4 Å². The van der Waals surface area contributed by atoms with Crippen LogP contribution in [-0.4, -0.2) is 20.9 Å². The Balaban J connectivity index is 2.46. The van der Waals surface area contributed by atoms with Crippen molar-refractivity contribution in [1.29, 1.82) is 0 Å². The Kier molecular flexibility index (Phi) is 4.70. The molecule has 3 heteroatoms. The number of aliphatic hydroxyl groups is 1. The maximum absolute atomic E-state index is 10.6. The van der Waals surface area contributed by atoms with Gasteiger partial charge in [-0.05, 0) is 70.0 Å². The molecule has 24 heavy (non-hydrogen) atoms. The molecule has 1 aliphatic rings. The van der Waals surface area contributed by atoms with E-state index in [0.717, 1.165) is 31.2 Å². The molecule has 3 nitrogen and oxygen atoms in total. The van der Waals surface area contributed by atoms with Gasteiger partial charge in [0.1, 0.15) is 11.5 Å². The zero-order valence-corrected chi connectivity index (χ0v) is 15.0. The molecule has 0 aromatic heterocycles. The van der Waals surface area contributed by atoms with Crippen LogP contribution in [0.25, 0.3) is 0 Å². The molecule has 0 fully saturated rings. The van der Waals surface area contributed by atoms with E-state index in [9.17, 15) is 15.3 Å². The molecule has 0 aliphatic heterocycles. The van der Waals surface area contributed by atoms with E-state index in [1.807, 2.05) is 0 Å². The van der Waals surface area contributed by atoms with Crippen LogP contribution in [0.2, 0.25) is 0 Å². The summed E-state index contributed by atoms with van der Waals surface area (Å²) in [6.45, 7) is 3.28. The van der Waals surface area contributed by atoms with Gasteiger partial charge in [0.25, 0.3) is 0 Å². The molecule has 1 unspecified atom stereocenters. The minimum Gasteiger partial charge on any atom is -0.507 e. The lowest BCUT2D eigenvalue weighted by molar-refractivity contribution is 0.00421. The number of aryl methyl sites for hydroxylation is 1. The van der Waals surface area contributed by atoms with Crippen molar-refractivity contribution in [2.24, 2.45) is 5.92 Å². The van der Waals surface area contributed by atoms with Gasteiger partial charge in [0, 0.05) is 15.6 Å². The quantitative estimate of drug-likeness (QED) is 0.504. The SMILES string of the molecule is [2H]C([2H])([2H])C1=C[C@H](c2c(O)cc(CCCCC)cc2O)C(C(C)(C)O)CC1. The number of hydrogen-bond donors (Lipinski definition) is 3. The number of phenols is 2. The number of phenolic OH excluding ortho intramolecular Hbond substituents is 2. The van der Waals surface area contributed by atoms with Crippen LogP contribution in [0.1, 0.15) is 80.9 Å². The second-order valence-corrected chi connectivity index (χ2v) is 7.52. The summed E-state index contributed by atoms with van der Waals surface area (Å²) in [6, 6.07) is 3.31. The van der Waals surface area contributed by atoms with E-state index in [1.165, 1.54) is 0 Å². The van der Waals surface area contributed by atoms with Gasteiger partial charge in [0.2, 0.25) is 0 Å². The summed E-state index contributed by atoms with van der Waals surface area (Å²) in [7, 11) is 0. The Morgan fingerprint density at radius 3 is 2.42 bits per heavy atom. The zero-order chi connectivity index (χ0) is 20.4. The topological polar surface area (TPSA) is 60.7 Å². The van der Waals surface area contributed by atoms with Gasteiger partial charge < -0.3 is 15.3 Å². The molecule has 0 saturated heterocycles. The van der Waals surface area contributed by atoms with Crippen LogP contribution in [0.3, 0.4) is 0 Å². The molecule has 1 aromatic carbocycles. The molecular weight excluding hydrogens is 300 g/mol. The molecule has 0 amide bonds. The van der Waals surface area contributed by atoms with Crippen LogP contribution < -0.4 is 0 Å². The molecule has 0 bridgehead atoms. The molecule has 0 saturated carbocycles. The fourth-order valence-corrected chi connectivity index (χ4v) is 3.73. The lowest BCUT2D eigenvalue weighted by Gasteiger charge is -2.38. The molecular formula is C21H32O3. The smallest absolute Gasteiger partial charge is 0.123 e. The molecule has 2 rings (SSSR count). The van der Waals surface area contributed by atoms with Gasteiger partial charge in [0.15, 0.2) is 0 Å². The zero-order valence-electron chi connectivity index (χ0n) is 18.0. The highest BCUT2D eigenvalue weighted by Gasteiger charge is 2.38. The summed E-state index contributed by atoms with van der Waals surface area (Å²) < 4.78 is 23.1. The van der Waals surface area contributed by atoms with Gasteiger partial charge in [-0.15, -0.1) is 0 Å². The molecule has 0 heterocycles. The molecule has 1 aromatic rings. The van der Waals surface area contributed by atoms with Crippen LogP contribution >= 0.6 is 0 Å². The van der Waals surface area contributed by atoms with E-state index in [4.69, 9.17) is 4.11 Å². The number of unbranched alkanes of at least 4 members (excludes halogenated alkanes) is 2. The maximum atomic E-state index is 10.6. The fraction of sp³-hybridized carbons (Fsp3) is 0.619. The monoisotopic (exact) mass is 335 g/mol. The molecule has 0 spiro atoms. The van der Waals surface area contributed by atoms with Gasteiger partial charge in [-0.25, -0.2) is 0 Å². The van der Waals surface area contributed by atoms with Crippen molar-refractivity contribution in [3.8, 4) is 11.5 Å². The Bertz CT molecular complexity index is 664. The van der Waals surface area contributed by atoms with E-state index in [0.29, 0.717) is 24.0 Å². The van der Waals surface area contributed by atoms with E-state index in [1.54, 1.807) is 32.1 Å². The summed E-state index contributed by atoms with van der Waals surface area (Å²) in [5.74, 6) is -0.933. The third kappa shape index (κ3) is 4.32. The summed E-state index contributed by atoms with van der Waals surface area (Å²) in [4.78, 5) is 0. The first-order chi connectivity index (χ1) is 12.4. The molecule has 134 valence electrons. The number of aromatic hydroxyl groups is 2. The molecule has 2 atom stereocenters. The van der Waals surface area contributed by atoms with Crippen LogP contribution in [-0.2, 0) is 6.42 Å². The second-order valence-electron chi connectivity index (χ2n) is 7.52. The normalized spacial score (nSPS) is 24.0. The van der Waals surface area contributed by atoms with Gasteiger partial charge in [-0.2, -0.15) is 0 Å². The standard InChI is InChI=1S/C21H32O3/c1-5-6-7-8-15-12-18(22)20(19(23)13-15)16-11-14(2)9-10-17(16)21(3,4)24/h11-13,16-17,22-24H,5-10H2,1-4H3/t16-,17?/m0/s1/i2D3. The van der Waals surface area contributed by atoms with E-state index in [-0.39, 0.29) is 17.4 Å². The van der Waals surface area contributed by atoms with Crippen molar-refractivity contribution in [2.75, 3.05) is 0 Å². The Labute approximate surface area is 150 Å². The van der Waals surface area contributed by atoms with Crippen LogP contribution in [0.4, 0.5) is 0 Å². The molecule has 0 radical (unpaired) electrons. The predicted octanol–water partition coefficient (Wildman–Crippen LogP) is 5.04. The highest BCUT2D eigenvalue weighted by molar-refractivity contribution is 5.51. The second kappa shape index (κ2) is 7.60. The third-order valence-corrected chi connectivity index (χ3v) is 5.04. The highest BCUT2D eigenvalue weighted by atomic mass is 16.3. The minimum atomic E-state index is -2.21. The van der Waals surface area contributed by atoms with Gasteiger partial charge >= 0.3 is 0 Å². The average molecular weight is 336 g/mol. The number of hydrogen-bond acceptors (Lipinski definition) is 3. The van der Waals surface area contributed by atoms with Crippen molar-refractivity contribution < 1.29 is 19.4 Å². The minimum absolute atomic E-state index is 0.0382. The van der Waals surface area contributed by atoms with Gasteiger partial charge in [0.05, 0.1) is 5.60 Å². The molecule has 3 N–H and O–H groups in total. The first kappa shape index (κ1) is 14.8. The lowest BCUT2D eigenvalue weighted by atomic mass is 9.69. The number of benzene rings is 1. The van der Waals surface area contributed by atoms with Gasteiger partial charge in [-0.3, -0.25) is 0 Å². The fourth-order valence-electron chi connectivity index (χ4n) is 3.73. The first-order valence-corrected chi connectivity index (χ1v) is 8.93. The summed E-state index contributed by atoms with van der Waals surface area (Å²) >= 11 is 0. The Hall–Kier alpha value is -1.48. The van der Waals surface area contributed by atoms with Gasteiger partial charge in [-0.1, -0.05) is 31.4 Å². The first-order valence-electron chi connectivity index (χ1n) is 10.4. The predicted molar refractivity (Wildman–Crippen MR) is 98.5 cm³/mol. The van der Waals surface area contributed by atoms with Crippen molar-refractivity contribution >= 4 is 0 Å². The summed E-state index contributed by atoms with van der Waals surface area (Å²) in [5, 5.41) is 31.9. The number of rotatable bonds is 6. The highest BCUT2D eigenvalue weighted by Crippen LogP contribution is 2.47. The van der Waals surface area contributed by atoms with Crippen LogP contribution in [0.5, 0.6) is 11.5 Å².